The zero-order valence-corrected chi connectivity index (χ0v) is 30.4. The smallest absolute Gasteiger partial charge is 0.419 e. The SMILES string of the molecule is COc1cc2c(cc1OC)CN(CCc1ccc(-n3nnc(-c4cc(OC)c(OC)cc4NC(=O)Oc4cc(=O)c5c(OC)cccc5o4)n3)cc1)CC2. The van der Waals surface area contributed by atoms with Crippen LogP contribution in [-0.4, -0.2) is 79.8 Å². The number of nitrogens with one attached hydrogen (secondary N) is 1. The topological polar surface area (TPSA) is 162 Å². The summed E-state index contributed by atoms with van der Waals surface area (Å²) >= 11 is 0. The Balaban J connectivity index is 1.05. The normalized spacial score (nSPS) is 12.5. The Morgan fingerprint density at radius 2 is 1.50 bits per heavy atom. The molecule has 1 aliphatic rings. The van der Waals surface area contributed by atoms with E-state index in [1.165, 1.54) is 42.8 Å². The Morgan fingerprint density at radius 3 is 2.22 bits per heavy atom. The third-order valence-corrected chi connectivity index (χ3v) is 9.20. The molecule has 0 unspecified atom stereocenters. The molecule has 0 aliphatic carbocycles. The van der Waals surface area contributed by atoms with E-state index in [0.29, 0.717) is 28.5 Å². The van der Waals surface area contributed by atoms with Crippen molar-refractivity contribution < 1.29 is 37.6 Å². The largest absolute Gasteiger partial charge is 0.496 e. The predicted molar refractivity (Wildman–Crippen MR) is 199 cm³/mol. The molecule has 0 saturated heterocycles. The predicted octanol–water partition coefficient (Wildman–Crippen LogP) is 5.69. The number of hydrogen-bond acceptors (Lipinski definition) is 13. The fourth-order valence-corrected chi connectivity index (χ4v) is 6.42. The number of anilines is 1. The number of nitrogens with zero attached hydrogens (tertiary/aromatic N) is 5. The van der Waals surface area contributed by atoms with E-state index in [1.54, 1.807) is 44.6 Å². The van der Waals surface area contributed by atoms with Gasteiger partial charge < -0.3 is 32.8 Å². The van der Waals surface area contributed by atoms with Gasteiger partial charge in [-0.05, 0) is 77.2 Å². The van der Waals surface area contributed by atoms with Gasteiger partial charge in [0.05, 0.1) is 58.6 Å². The molecule has 0 radical (unpaired) electrons. The van der Waals surface area contributed by atoms with Crippen LogP contribution in [-0.2, 0) is 19.4 Å². The van der Waals surface area contributed by atoms with Crippen LogP contribution in [0.25, 0.3) is 28.0 Å². The van der Waals surface area contributed by atoms with Crippen LogP contribution in [0.1, 0.15) is 16.7 Å². The number of carbonyl (C=O) groups excluding carboxylic acids is 1. The summed E-state index contributed by atoms with van der Waals surface area (Å²) in [5.41, 5.74) is 4.78. The molecule has 1 aliphatic heterocycles. The van der Waals surface area contributed by atoms with Crippen LogP contribution in [0.3, 0.4) is 0 Å². The molecule has 15 nitrogen and oxygen atoms in total. The van der Waals surface area contributed by atoms with Crippen LogP contribution in [0.5, 0.6) is 34.7 Å². The molecule has 3 heterocycles. The van der Waals surface area contributed by atoms with Gasteiger partial charge in [0.25, 0.3) is 5.95 Å². The highest BCUT2D eigenvalue weighted by Gasteiger charge is 2.22. The van der Waals surface area contributed by atoms with Gasteiger partial charge in [-0.15, -0.1) is 15.0 Å². The third-order valence-electron chi connectivity index (χ3n) is 9.20. The molecule has 0 bridgehead atoms. The molecular formula is C39H38N6O9. The van der Waals surface area contributed by atoms with Crippen molar-refractivity contribution in [3.63, 3.8) is 0 Å². The highest BCUT2D eigenvalue weighted by Crippen LogP contribution is 2.38. The molecule has 15 heteroatoms. The maximum atomic E-state index is 13.1. The number of hydrogen-bond donors (Lipinski definition) is 1. The zero-order valence-electron chi connectivity index (χ0n) is 30.4. The number of methoxy groups -OCH3 is 5. The lowest BCUT2D eigenvalue weighted by Gasteiger charge is -2.29. The van der Waals surface area contributed by atoms with Crippen LogP contribution in [0.2, 0.25) is 0 Å². The average Bonchev–Trinajstić information content (AvgIpc) is 3.69. The molecule has 0 atom stereocenters. The fraction of sp³-hybridized carbons (Fsp3) is 0.256. The highest BCUT2D eigenvalue weighted by atomic mass is 16.6. The summed E-state index contributed by atoms with van der Waals surface area (Å²) in [6, 6.07) is 21.2. The van der Waals surface area contributed by atoms with Crippen molar-refractivity contribution in [3.8, 4) is 51.8 Å². The van der Waals surface area contributed by atoms with Crippen molar-refractivity contribution >= 4 is 22.7 Å². The monoisotopic (exact) mass is 734 g/mol. The number of tetrazole rings is 1. The first-order valence-electron chi connectivity index (χ1n) is 17.0. The minimum Gasteiger partial charge on any atom is -0.496 e. The number of aromatic nitrogens is 4. The van der Waals surface area contributed by atoms with Crippen molar-refractivity contribution in [3.05, 3.63) is 99.7 Å². The Hall–Kier alpha value is -6.61. The summed E-state index contributed by atoms with van der Waals surface area (Å²) in [6.45, 7) is 2.71. The Kier molecular flexibility index (Phi) is 10.3. The van der Waals surface area contributed by atoms with Crippen molar-refractivity contribution in [2.45, 2.75) is 19.4 Å². The first-order valence-corrected chi connectivity index (χ1v) is 17.0. The summed E-state index contributed by atoms with van der Waals surface area (Å²) < 4.78 is 38.3. The van der Waals surface area contributed by atoms with Gasteiger partial charge in [-0.2, -0.15) is 0 Å². The van der Waals surface area contributed by atoms with Gasteiger partial charge in [0.2, 0.25) is 5.82 Å². The minimum absolute atomic E-state index is 0.194. The lowest BCUT2D eigenvalue weighted by atomic mass is 9.98. The molecule has 0 spiro atoms. The second-order valence-corrected chi connectivity index (χ2v) is 12.4. The van der Waals surface area contributed by atoms with E-state index in [4.69, 9.17) is 32.8 Å². The van der Waals surface area contributed by atoms with E-state index in [1.807, 2.05) is 24.3 Å². The standard InChI is InChI=1S/C39H38N6O9/c1-48-30-7-6-8-31-37(30)29(46)21-36(53-31)54-39(47)40-28-20-35(52-5)34(51-4)19-27(28)38-41-43-45(42-38)26-11-9-23(10-12-26)13-15-44-16-14-24-17-32(49-2)33(50-3)18-25(24)22-44/h6-12,17-21H,13-16,22H2,1-5H3,(H,40,47). The van der Waals surface area contributed by atoms with Crippen molar-refractivity contribution in [2.24, 2.45) is 0 Å². The summed E-state index contributed by atoms with van der Waals surface area (Å²) in [4.78, 5) is 29.8. The molecule has 0 fully saturated rings. The molecular weight excluding hydrogens is 696 g/mol. The van der Waals surface area contributed by atoms with Crippen LogP contribution in [0.15, 0.2) is 82.0 Å². The summed E-state index contributed by atoms with van der Waals surface area (Å²) in [6.07, 6.45) is 0.879. The van der Waals surface area contributed by atoms with Crippen molar-refractivity contribution in [2.75, 3.05) is 54.0 Å². The first kappa shape index (κ1) is 35.8. The zero-order chi connectivity index (χ0) is 37.8. The van der Waals surface area contributed by atoms with E-state index >= 15 is 0 Å². The van der Waals surface area contributed by atoms with Crippen LogP contribution >= 0.6 is 0 Å². The van der Waals surface area contributed by atoms with Crippen LogP contribution in [0, 0.1) is 0 Å². The van der Waals surface area contributed by atoms with E-state index in [9.17, 15) is 9.59 Å². The lowest BCUT2D eigenvalue weighted by molar-refractivity contribution is 0.202. The molecule has 6 aromatic rings. The fourth-order valence-electron chi connectivity index (χ4n) is 6.42. The van der Waals surface area contributed by atoms with Gasteiger partial charge in [0.15, 0.2) is 28.4 Å². The molecule has 7 rings (SSSR count). The van der Waals surface area contributed by atoms with Crippen LogP contribution in [0.4, 0.5) is 10.5 Å². The Morgan fingerprint density at radius 1 is 0.815 bits per heavy atom. The van der Waals surface area contributed by atoms with Gasteiger partial charge in [0.1, 0.15) is 16.7 Å². The first-order chi connectivity index (χ1) is 26.3. The number of ether oxygens (including phenoxy) is 6. The molecule has 4 aromatic carbocycles. The maximum Gasteiger partial charge on any atom is 0.419 e. The molecule has 2 aromatic heterocycles. The Bertz CT molecular complexity index is 2370. The molecule has 54 heavy (non-hydrogen) atoms. The summed E-state index contributed by atoms with van der Waals surface area (Å²) in [7, 11) is 7.72. The second-order valence-electron chi connectivity index (χ2n) is 12.4. The van der Waals surface area contributed by atoms with E-state index in [2.05, 4.69) is 37.8 Å². The summed E-state index contributed by atoms with van der Waals surface area (Å²) in [5.74, 6) is 2.43. The Labute approximate surface area is 309 Å². The van der Waals surface area contributed by atoms with E-state index in [-0.39, 0.29) is 28.4 Å². The number of benzene rings is 4. The van der Waals surface area contributed by atoms with Gasteiger partial charge in [-0.1, -0.05) is 18.2 Å². The minimum atomic E-state index is -0.939. The molecule has 1 amide bonds. The molecule has 278 valence electrons. The van der Waals surface area contributed by atoms with Gasteiger partial charge in [0, 0.05) is 25.7 Å². The molecule has 1 N–H and O–H groups in total. The van der Waals surface area contributed by atoms with Crippen LogP contribution < -0.4 is 39.2 Å². The van der Waals surface area contributed by atoms with Crippen molar-refractivity contribution in [1.82, 2.24) is 25.1 Å². The highest BCUT2D eigenvalue weighted by molar-refractivity contribution is 5.92. The van der Waals surface area contributed by atoms with Gasteiger partial charge in [-0.3, -0.25) is 15.0 Å². The average molecular weight is 735 g/mol. The second kappa shape index (κ2) is 15.6. The van der Waals surface area contributed by atoms with Gasteiger partial charge >= 0.3 is 6.09 Å². The van der Waals surface area contributed by atoms with Gasteiger partial charge in [-0.25, -0.2) is 4.79 Å². The lowest BCUT2D eigenvalue weighted by Crippen LogP contribution is -2.32. The maximum absolute atomic E-state index is 13.1. The van der Waals surface area contributed by atoms with Crippen molar-refractivity contribution in [1.29, 1.82) is 0 Å². The van der Waals surface area contributed by atoms with E-state index < -0.39 is 11.5 Å². The number of fused-ring (bicyclic) bond motifs is 2. The number of carbonyl (C=O) groups is 1. The summed E-state index contributed by atoms with van der Waals surface area (Å²) in [5, 5.41) is 16.0. The molecule has 0 saturated carbocycles. The quantitative estimate of drug-likeness (QED) is 0.163. The van der Waals surface area contributed by atoms with E-state index in [0.717, 1.165) is 50.0 Å². The number of amides is 1. The number of rotatable bonds is 12. The third kappa shape index (κ3) is 7.34.